The highest BCUT2D eigenvalue weighted by molar-refractivity contribution is 7.99. The lowest BCUT2D eigenvalue weighted by Gasteiger charge is -2.28. The second-order valence-corrected chi connectivity index (χ2v) is 11.4. The number of anilines is 1. The number of hydrogen-bond acceptors (Lipinski definition) is 10. The molecule has 11 heteroatoms. The molecule has 0 unspecified atom stereocenters. The fraction of sp³-hybridized carbons (Fsp3) is 0.176. The predicted octanol–water partition coefficient (Wildman–Crippen LogP) is 6.27. The number of Topliss-reactive ketones (excluding diaryl/α,β-unsaturated/α-hetero) is 1. The van der Waals surface area contributed by atoms with Crippen molar-refractivity contribution in [3.05, 3.63) is 129 Å². The largest absolute Gasteiger partial charge is 0.378 e. The summed E-state index contributed by atoms with van der Waals surface area (Å²) in [6.07, 6.45) is 0. The Bertz CT molecular complexity index is 1760. The molecule has 1 heterocycles. The molecule has 1 fully saturated rings. The second-order valence-electron chi connectivity index (χ2n) is 10.2. The highest BCUT2D eigenvalue weighted by Gasteiger charge is 2.22. The molecule has 0 spiro atoms. The zero-order chi connectivity index (χ0) is 31.9. The van der Waals surface area contributed by atoms with Gasteiger partial charge in [-0.05, 0) is 85.3 Å². The third-order valence-corrected chi connectivity index (χ3v) is 8.16. The zero-order valence-corrected chi connectivity index (χ0v) is 25.4. The van der Waals surface area contributed by atoms with E-state index in [4.69, 9.17) is 9.57 Å². The Labute approximate surface area is 263 Å². The normalized spacial score (nSPS) is 13.3. The van der Waals surface area contributed by atoms with Crippen molar-refractivity contribution in [3.8, 4) is 0 Å². The summed E-state index contributed by atoms with van der Waals surface area (Å²) in [4.78, 5) is 57.5. The minimum Gasteiger partial charge on any atom is -0.378 e. The quantitative estimate of drug-likeness (QED) is 0.0660. The van der Waals surface area contributed by atoms with E-state index in [0.29, 0.717) is 29.9 Å². The van der Waals surface area contributed by atoms with E-state index < -0.39 is 16.7 Å². The van der Waals surface area contributed by atoms with Crippen molar-refractivity contribution in [2.24, 2.45) is 5.16 Å². The topological polar surface area (TPSA) is 128 Å². The number of nitrogens with zero attached hydrogens (tertiary/aromatic N) is 3. The van der Waals surface area contributed by atoms with Gasteiger partial charge in [-0.2, -0.15) is 0 Å². The molecular formula is C34H29N3O7S. The summed E-state index contributed by atoms with van der Waals surface area (Å²) < 4.78 is 5.41. The van der Waals surface area contributed by atoms with Gasteiger partial charge in [0.25, 0.3) is 5.69 Å². The summed E-state index contributed by atoms with van der Waals surface area (Å²) in [7, 11) is 0. The molecule has 0 radical (unpaired) electrons. The summed E-state index contributed by atoms with van der Waals surface area (Å²) in [5.41, 5.74) is 2.83. The van der Waals surface area contributed by atoms with E-state index in [2.05, 4.69) is 10.1 Å². The highest BCUT2D eigenvalue weighted by Crippen LogP contribution is 2.29. The summed E-state index contributed by atoms with van der Waals surface area (Å²) in [6.45, 7) is 5.88. The molecule has 1 aliphatic heterocycles. The number of nitro groups is 1. The first-order chi connectivity index (χ1) is 21.7. The number of hydrogen-bond donors (Lipinski definition) is 0. The molecule has 0 N–H and O–H groups in total. The van der Waals surface area contributed by atoms with Crippen LogP contribution in [-0.4, -0.2) is 54.5 Å². The summed E-state index contributed by atoms with van der Waals surface area (Å²) in [5.74, 6) is -1.35. The molecule has 5 rings (SSSR count). The number of ketones is 2. The maximum absolute atomic E-state index is 13.4. The molecule has 0 saturated carbocycles. The molecule has 0 atom stereocenters. The average molecular weight is 624 g/mol. The van der Waals surface area contributed by atoms with Gasteiger partial charge in [0.2, 0.25) is 5.78 Å². The lowest BCUT2D eigenvalue weighted by atomic mass is 9.97. The first-order valence-electron chi connectivity index (χ1n) is 14.1. The van der Waals surface area contributed by atoms with E-state index in [0.717, 1.165) is 35.5 Å². The molecule has 0 aliphatic carbocycles. The van der Waals surface area contributed by atoms with Crippen LogP contribution >= 0.6 is 11.8 Å². The molecular weight excluding hydrogens is 594 g/mol. The first-order valence-corrected chi connectivity index (χ1v) is 14.9. The molecule has 4 aromatic carbocycles. The molecule has 0 aromatic heterocycles. The van der Waals surface area contributed by atoms with Gasteiger partial charge in [0.15, 0.2) is 11.5 Å². The molecule has 1 aliphatic rings. The van der Waals surface area contributed by atoms with Crippen molar-refractivity contribution in [3.63, 3.8) is 0 Å². The van der Waals surface area contributed by atoms with Crippen molar-refractivity contribution >= 4 is 46.4 Å². The van der Waals surface area contributed by atoms with Gasteiger partial charge >= 0.3 is 5.97 Å². The fourth-order valence-electron chi connectivity index (χ4n) is 4.73. The predicted molar refractivity (Wildman–Crippen MR) is 170 cm³/mol. The smallest absolute Gasteiger partial charge is 0.332 e. The van der Waals surface area contributed by atoms with Crippen LogP contribution in [-0.2, 0) is 14.4 Å². The molecule has 0 amide bonds. The van der Waals surface area contributed by atoms with Crippen LogP contribution in [0.1, 0.15) is 44.3 Å². The minimum atomic E-state index is -0.732. The fourth-order valence-corrected chi connectivity index (χ4v) is 5.55. The number of oxime groups is 1. The van der Waals surface area contributed by atoms with Gasteiger partial charge in [0.05, 0.1) is 18.1 Å². The Morgan fingerprint density at radius 3 is 1.96 bits per heavy atom. The van der Waals surface area contributed by atoms with Crippen LogP contribution in [0.4, 0.5) is 11.4 Å². The molecule has 228 valence electrons. The Kier molecular flexibility index (Phi) is 9.81. The van der Waals surface area contributed by atoms with Crippen molar-refractivity contribution < 1.29 is 28.9 Å². The van der Waals surface area contributed by atoms with Crippen molar-refractivity contribution in [1.82, 2.24) is 0 Å². The standard InChI is InChI=1S/C34H29N3O7S/c1-22-3-10-28(37(41)42)21-31(22)32(35-44-23(2)38)34(40)26-8-15-30(16-9-26)45-29-13-6-25(7-14-29)33(39)24-4-11-27(12-5-24)36-17-19-43-20-18-36/h3-16,21H,17-20H2,1-2H3/b35-32-. The molecule has 10 nitrogen and oxygen atoms in total. The minimum absolute atomic E-state index is 0.0619. The average Bonchev–Trinajstić information content (AvgIpc) is 3.06. The maximum Gasteiger partial charge on any atom is 0.332 e. The molecule has 4 aromatic rings. The van der Waals surface area contributed by atoms with Crippen LogP contribution in [0, 0.1) is 17.0 Å². The Hall–Kier alpha value is -5.13. The number of carbonyl (C=O) groups is 3. The van der Waals surface area contributed by atoms with E-state index in [1.54, 1.807) is 43.3 Å². The zero-order valence-electron chi connectivity index (χ0n) is 24.6. The van der Waals surface area contributed by atoms with E-state index >= 15 is 0 Å². The molecule has 45 heavy (non-hydrogen) atoms. The van der Waals surface area contributed by atoms with Crippen LogP contribution in [0.2, 0.25) is 0 Å². The van der Waals surface area contributed by atoms with E-state index in [9.17, 15) is 24.5 Å². The van der Waals surface area contributed by atoms with Gasteiger partial charge in [-0.15, -0.1) is 0 Å². The Morgan fingerprint density at radius 1 is 0.844 bits per heavy atom. The second kappa shape index (κ2) is 14.1. The molecule has 1 saturated heterocycles. The Morgan fingerprint density at radius 2 is 1.40 bits per heavy atom. The van der Waals surface area contributed by atoms with Crippen LogP contribution in [0.3, 0.4) is 0 Å². The van der Waals surface area contributed by atoms with Gasteiger partial charge in [-0.25, -0.2) is 4.79 Å². The van der Waals surface area contributed by atoms with Gasteiger partial charge < -0.3 is 14.5 Å². The SMILES string of the molecule is CC(=O)O/N=C(\C(=O)c1ccc(Sc2ccc(C(=O)c3ccc(N4CCOCC4)cc3)cc2)cc1)c1cc([N+](=O)[O-])ccc1C. The van der Waals surface area contributed by atoms with Gasteiger partial charge in [0, 0.05) is 69.9 Å². The van der Waals surface area contributed by atoms with Crippen LogP contribution in [0.15, 0.2) is 106 Å². The van der Waals surface area contributed by atoms with Crippen molar-refractivity contribution in [2.45, 2.75) is 23.6 Å². The summed E-state index contributed by atoms with van der Waals surface area (Å²) in [6, 6.07) is 25.7. The number of benzene rings is 4. The van der Waals surface area contributed by atoms with Gasteiger partial charge in [0.1, 0.15) is 0 Å². The van der Waals surface area contributed by atoms with E-state index in [1.165, 1.54) is 30.0 Å². The Balaban J connectivity index is 1.27. The van der Waals surface area contributed by atoms with Crippen LogP contribution in [0.5, 0.6) is 0 Å². The third kappa shape index (κ3) is 7.69. The highest BCUT2D eigenvalue weighted by atomic mass is 32.2. The van der Waals surface area contributed by atoms with E-state index in [-0.39, 0.29) is 28.3 Å². The maximum atomic E-state index is 13.4. The molecule has 0 bridgehead atoms. The first kappa shape index (κ1) is 31.3. The van der Waals surface area contributed by atoms with Crippen molar-refractivity contribution in [2.75, 3.05) is 31.2 Å². The van der Waals surface area contributed by atoms with Gasteiger partial charge in [-0.1, -0.05) is 23.0 Å². The van der Waals surface area contributed by atoms with Gasteiger partial charge in [-0.3, -0.25) is 19.7 Å². The number of ether oxygens (including phenoxy) is 1. The third-order valence-electron chi connectivity index (χ3n) is 7.14. The van der Waals surface area contributed by atoms with E-state index in [1.807, 2.05) is 36.4 Å². The van der Waals surface area contributed by atoms with Crippen molar-refractivity contribution in [1.29, 1.82) is 0 Å². The number of carbonyl (C=O) groups excluding carboxylic acids is 3. The number of aryl methyl sites for hydroxylation is 1. The number of rotatable bonds is 10. The monoisotopic (exact) mass is 623 g/mol. The summed E-state index contributed by atoms with van der Waals surface area (Å²) in [5, 5.41) is 15.1. The lowest BCUT2D eigenvalue weighted by Crippen LogP contribution is -2.36. The summed E-state index contributed by atoms with van der Waals surface area (Å²) >= 11 is 1.46. The van der Waals surface area contributed by atoms with Crippen LogP contribution < -0.4 is 4.90 Å². The number of nitro benzene ring substituents is 1. The number of morpholine rings is 1. The number of non-ortho nitro benzene ring substituents is 1. The van der Waals surface area contributed by atoms with Crippen LogP contribution in [0.25, 0.3) is 0 Å². The lowest BCUT2D eigenvalue weighted by molar-refractivity contribution is -0.384.